The maximum absolute atomic E-state index is 11.9. The van der Waals surface area contributed by atoms with Gasteiger partial charge in [0.25, 0.3) is 0 Å². The lowest BCUT2D eigenvalue weighted by Crippen LogP contribution is -2.56. The second-order valence-corrected chi connectivity index (χ2v) is 5.09. The SMILES string of the molecule is COC(=O)C(C)(COc1ccc(OC)cc1)NC(C)C. The van der Waals surface area contributed by atoms with Crippen molar-refractivity contribution < 1.29 is 19.0 Å². The summed E-state index contributed by atoms with van der Waals surface area (Å²) in [5, 5.41) is 3.18. The van der Waals surface area contributed by atoms with Gasteiger partial charge in [0.15, 0.2) is 0 Å². The summed E-state index contributed by atoms with van der Waals surface area (Å²) >= 11 is 0. The third-order valence-corrected chi connectivity index (χ3v) is 2.83. The van der Waals surface area contributed by atoms with Crippen LogP contribution >= 0.6 is 0 Å². The molecular formula is C15H23NO4. The number of carbonyl (C=O) groups excluding carboxylic acids is 1. The lowest BCUT2D eigenvalue weighted by molar-refractivity contribution is -0.149. The van der Waals surface area contributed by atoms with E-state index in [0.29, 0.717) is 5.75 Å². The Labute approximate surface area is 120 Å². The number of hydrogen-bond acceptors (Lipinski definition) is 5. The number of nitrogens with one attached hydrogen (secondary N) is 1. The normalized spacial score (nSPS) is 13.7. The second kappa shape index (κ2) is 7.14. The first-order chi connectivity index (χ1) is 9.41. The largest absolute Gasteiger partial charge is 0.497 e. The zero-order valence-corrected chi connectivity index (χ0v) is 12.7. The molecule has 0 saturated heterocycles. The van der Waals surface area contributed by atoms with Crippen LogP contribution in [0.3, 0.4) is 0 Å². The molecule has 1 aromatic carbocycles. The fourth-order valence-electron chi connectivity index (χ4n) is 1.92. The highest BCUT2D eigenvalue weighted by molar-refractivity contribution is 5.80. The van der Waals surface area contributed by atoms with Crippen LogP contribution in [0, 0.1) is 0 Å². The summed E-state index contributed by atoms with van der Waals surface area (Å²) in [6.45, 7) is 5.88. The quantitative estimate of drug-likeness (QED) is 0.775. The highest BCUT2D eigenvalue weighted by Crippen LogP contribution is 2.19. The molecule has 0 aliphatic carbocycles. The lowest BCUT2D eigenvalue weighted by Gasteiger charge is -2.30. The van der Waals surface area contributed by atoms with Crippen molar-refractivity contribution in [3.05, 3.63) is 24.3 Å². The molecule has 112 valence electrons. The molecule has 0 spiro atoms. The van der Waals surface area contributed by atoms with Gasteiger partial charge in [0.1, 0.15) is 23.6 Å². The molecule has 0 fully saturated rings. The van der Waals surface area contributed by atoms with Crippen LogP contribution in [0.4, 0.5) is 0 Å². The van der Waals surface area contributed by atoms with Crippen LogP contribution in [0.1, 0.15) is 20.8 Å². The maximum Gasteiger partial charge on any atom is 0.329 e. The van der Waals surface area contributed by atoms with Crippen molar-refractivity contribution in [3.8, 4) is 11.5 Å². The van der Waals surface area contributed by atoms with Crippen molar-refractivity contribution in [3.63, 3.8) is 0 Å². The van der Waals surface area contributed by atoms with E-state index in [4.69, 9.17) is 14.2 Å². The average molecular weight is 281 g/mol. The first-order valence-corrected chi connectivity index (χ1v) is 6.54. The van der Waals surface area contributed by atoms with Gasteiger partial charge in [-0.2, -0.15) is 0 Å². The predicted molar refractivity (Wildman–Crippen MR) is 77.2 cm³/mol. The number of carbonyl (C=O) groups is 1. The van der Waals surface area contributed by atoms with Gasteiger partial charge in [-0.15, -0.1) is 0 Å². The Bertz CT molecular complexity index is 430. The minimum absolute atomic E-state index is 0.138. The molecule has 0 aromatic heterocycles. The maximum atomic E-state index is 11.9. The summed E-state index contributed by atoms with van der Waals surface area (Å²) in [6, 6.07) is 7.35. The van der Waals surface area contributed by atoms with Crippen LogP contribution < -0.4 is 14.8 Å². The number of methoxy groups -OCH3 is 2. The molecule has 5 heteroatoms. The molecule has 1 N–H and O–H groups in total. The number of esters is 1. The first-order valence-electron chi connectivity index (χ1n) is 6.54. The molecule has 1 rings (SSSR count). The zero-order valence-electron chi connectivity index (χ0n) is 12.7. The summed E-state index contributed by atoms with van der Waals surface area (Å²) in [7, 11) is 2.98. The Kier molecular flexibility index (Phi) is 5.82. The van der Waals surface area contributed by atoms with Crippen molar-refractivity contribution >= 4 is 5.97 Å². The van der Waals surface area contributed by atoms with Crippen molar-refractivity contribution in [2.45, 2.75) is 32.4 Å². The molecule has 1 aromatic rings. The average Bonchev–Trinajstić information content (AvgIpc) is 2.44. The molecule has 1 atom stereocenters. The van der Waals surface area contributed by atoms with Gasteiger partial charge in [0, 0.05) is 6.04 Å². The number of ether oxygens (including phenoxy) is 3. The van der Waals surface area contributed by atoms with Gasteiger partial charge < -0.3 is 14.2 Å². The molecule has 0 radical (unpaired) electrons. The Balaban J connectivity index is 2.72. The molecule has 5 nitrogen and oxygen atoms in total. The molecule has 1 unspecified atom stereocenters. The van der Waals surface area contributed by atoms with Crippen molar-refractivity contribution in [2.75, 3.05) is 20.8 Å². The summed E-state index contributed by atoms with van der Waals surface area (Å²) in [5.74, 6) is 1.08. The standard InChI is InChI=1S/C15H23NO4/c1-11(2)16-15(3,14(17)19-5)10-20-13-8-6-12(18-4)7-9-13/h6-9,11,16H,10H2,1-5H3. The van der Waals surface area contributed by atoms with Crippen LogP contribution in [-0.2, 0) is 9.53 Å². The zero-order chi connectivity index (χ0) is 15.2. The minimum Gasteiger partial charge on any atom is -0.497 e. The third-order valence-electron chi connectivity index (χ3n) is 2.83. The Morgan fingerprint density at radius 3 is 2.20 bits per heavy atom. The fraction of sp³-hybridized carbons (Fsp3) is 0.533. The topological polar surface area (TPSA) is 56.8 Å². The number of benzene rings is 1. The molecule has 0 aliphatic rings. The van der Waals surface area contributed by atoms with E-state index in [-0.39, 0.29) is 18.6 Å². The van der Waals surface area contributed by atoms with Gasteiger partial charge in [-0.05, 0) is 45.0 Å². The van der Waals surface area contributed by atoms with Gasteiger partial charge in [0.05, 0.1) is 14.2 Å². The van der Waals surface area contributed by atoms with E-state index in [1.807, 2.05) is 13.8 Å². The lowest BCUT2D eigenvalue weighted by atomic mass is 10.0. The molecule has 0 heterocycles. The van der Waals surface area contributed by atoms with E-state index in [1.54, 1.807) is 38.3 Å². The van der Waals surface area contributed by atoms with E-state index >= 15 is 0 Å². The van der Waals surface area contributed by atoms with Crippen LogP contribution in [0.5, 0.6) is 11.5 Å². The van der Waals surface area contributed by atoms with E-state index in [9.17, 15) is 4.79 Å². The Morgan fingerprint density at radius 2 is 1.75 bits per heavy atom. The molecule has 0 aliphatic heterocycles. The molecule has 0 saturated carbocycles. The third kappa shape index (κ3) is 4.42. The first kappa shape index (κ1) is 16.3. The predicted octanol–water partition coefficient (Wildman–Crippen LogP) is 2.00. The van der Waals surface area contributed by atoms with Gasteiger partial charge in [-0.1, -0.05) is 0 Å². The monoisotopic (exact) mass is 281 g/mol. The highest BCUT2D eigenvalue weighted by atomic mass is 16.5. The van der Waals surface area contributed by atoms with Crippen LogP contribution in [-0.4, -0.2) is 38.4 Å². The van der Waals surface area contributed by atoms with Crippen molar-refractivity contribution in [1.29, 1.82) is 0 Å². The smallest absolute Gasteiger partial charge is 0.329 e. The molecule has 0 bridgehead atoms. The molecule has 20 heavy (non-hydrogen) atoms. The molecule has 0 amide bonds. The summed E-state index contributed by atoms with van der Waals surface area (Å²) in [6.07, 6.45) is 0. The molecular weight excluding hydrogens is 258 g/mol. The van der Waals surface area contributed by atoms with E-state index < -0.39 is 5.54 Å². The van der Waals surface area contributed by atoms with Crippen LogP contribution in [0.2, 0.25) is 0 Å². The number of hydrogen-bond donors (Lipinski definition) is 1. The summed E-state index contributed by atoms with van der Waals surface area (Å²) in [5.41, 5.74) is -0.886. The Morgan fingerprint density at radius 1 is 1.20 bits per heavy atom. The van der Waals surface area contributed by atoms with Gasteiger partial charge in [-0.25, -0.2) is 4.79 Å². The van der Waals surface area contributed by atoms with Gasteiger partial charge in [-0.3, -0.25) is 5.32 Å². The summed E-state index contributed by atoms with van der Waals surface area (Å²) in [4.78, 5) is 11.9. The second-order valence-electron chi connectivity index (χ2n) is 5.09. The van der Waals surface area contributed by atoms with Gasteiger partial charge in [0.2, 0.25) is 0 Å². The Hall–Kier alpha value is -1.75. The highest BCUT2D eigenvalue weighted by Gasteiger charge is 2.35. The van der Waals surface area contributed by atoms with Crippen LogP contribution in [0.15, 0.2) is 24.3 Å². The van der Waals surface area contributed by atoms with E-state index in [0.717, 1.165) is 5.75 Å². The van der Waals surface area contributed by atoms with Crippen molar-refractivity contribution in [1.82, 2.24) is 5.32 Å². The van der Waals surface area contributed by atoms with Crippen molar-refractivity contribution in [2.24, 2.45) is 0 Å². The fourth-order valence-corrected chi connectivity index (χ4v) is 1.92. The van der Waals surface area contributed by atoms with Crippen LogP contribution in [0.25, 0.3) is 0 Å². The number of rotatable bonds is 7. The van der Waals surface area contributed by atoms with E-state index in [1.165, 1.54) is 7.11 Å². The summed E-state index contributed by atoms with van der Waals surface area (Å²) < 4.78 is 15.6. The minimum atomic E-state index is -0.886. The van der Waals surface area contributed by atoms with E-state index in [2.05, 4.69) is 5.32 Å². The van der Waals surface area contributed by atoms with Gasteiger partial charge >= 0.3 is 5.97 Å².